The van der Waals surface area contributed by atoms with E-state index in [1.165, 1.54) is 4.90 Å². The quantitative estimate of drug-likeness (QED) is 0.763. The summed E-state index contributed by atoms with van der Waals surface area (Å²) in [6, 6.07) is -0.367. The lowest BCUT2D eigenvalue weighted by Gasteiger charge is -2.19. The van der Waals surface area contributed by atoms with Crippen LogP contribution in [0.15, 0.2) is 0 Å². The molecule has 1 spiro atoms. The minimum absolute atomic E-state index is 0.141. The molecule has 0 aromatic carbocycles. The largest absolute Gasteiger partial charge is 0.325 e. The monoisotopic (exact) mass is 297 g/mol. The fraction of sp³-hybridized carbons (Fsp3) is 0.583. The molecule has 1 aromatic heterocycles. The molecule has 7 nitrogen and oxygen atoms in total. The highest BCUT2D eigenvalue weighted by Crippen LogP contribution is 2.28. The summed E-state index contributed by atoms with van der Waals surface area (Å²) in [5.41, 5.74) is 0.570. The molecular formula is C12H16ClN5O2. The lowest BCUT2D eigenvalue weighted by atomic mass is 9.99. The van der Waals surface area contributed by atoms with Crippen LogP contribution >= 0.6 is 11.6 Å². The molecule has 2 fully saturated rings. The Morgan fingerprint density at radius 2 is 2.20 bits per heavy atom. The second kappa shape index (κ2) is 4.46. The molecule has 108 valence electrons. The maximum absolute atomic E-state index is 12.5. The van der Waals surface area contributed by atoms with Gasteiger partial charge in [0.1, 0.15) is 5.54 Å². The minimum atomic E-state index is -0.781. The first kappa shape index (κ1) is 13.4. The first-order valence-corrected chi connectivity index (χ1v) is 6.85. The number of hydrogen-bond donors (Lipinski definition) is 2. The molecule has 0 bridgehead atoms. The predicted octanol–water partition coefficient (Wildman–Crippen LogP) is 0.166. The molecule has 2 aliphatic rings. The molecular weight excluding hydrogens is 282 g/mol. The lowest BCUT2D eigenvalue weighted by molar-refractivity contribution is -0.131. The Morgan fingerprint density at radius 1 is 1.45 bits per heavy atom. The predicted molar refractivity (Wildman–Crippen MR) is 72.3 cm³/mol. The molecule has 3 amide bonds. The summed E-state index contributed by atoms with van der Waals surface area (Å²) >= 11 is 6.17. The number of rotatable bonds is 2. The van der Waals surface area contributed by atoms with Gasteiger partial charge in [-0.05, 0) is 19.9 Å². The number of halogens is 1. The molecule has 0 radical (unpaired) electrons. The van der Waals surface area contributed by atoms with E-state index < -0.39 is 5.54 Å². The summed E-state index contributed by atoms with van der Waals surface area (Å²) in [6.45, 7) is 3.14. The van der Waals surface area contributed by atoms with Crippen LogP contribution in [-0.2, 0) is 18.4 Å². The van der Waals surface area contributed by atoms with E-state index in [9.17, 15) is 9.59 Å². The Hall–Kier alpha value is -1.60. The molecule has 3 heterocycles. The van der Waals surface area contributed by atoms with Crippen LogP contribution in [0.5, 0.6) is 0 Å². The number of amides is 3. The van der Waals surface area contributed by atoms with Crippen LogP contribution in [0, 0.1) is 6.92 Å². The fourth-order valence-corrected chi connectivity index (χ4v) is 3.02. The van der Waals surface area contributed by atoms with Crippen molar-refractivity contribution in [2.24, 2.45) is 7.05 Å². The van der Waals surface area contributed by atoms with Crippen molar-refractivity contribution in [1.82, 2.24) is 25.3 Å². The van der Waals surface area contributed by atoms with Crippen molar-refractivity contribution in [3.8, 4) is 0 Å². The van der Waals surface area contributed by atoms with Gasteiger partial charge < -0.3 is 10.6 Å². The standard InChI is InChI=1S/C12H16ClN5O2/c1-7-9(13)8(17(2)16-7)5-18-10(19)12(15-11(18)20)3-4-14-6-12/h14H,3-6H2,1-2H3,(H,15,20). The van der Waals surface area contributed by atoms with E-state index in [1.54, 1.807) is 18.7 Å². The highest BCUT2D eigenvalue weighted by atomic mass is 35.5. The van der Waals surface area contributed by atoms with Crippen molar-refractivity contribution < 1.29 is 9.59 Å². The van der Waals surface area contributed by atoms with E-state index in [0.29, 0.717) is 29.4 Å². The van der Waals surface area contributed by atoms with Gasteiger partial charge in [0.05, 0.1) is 23.0 Å². The van der Waals surface area contributed by atoms with Crippen molar-refractivity contribution in [2.45, 2.75) is 25.4 Å². The highest BCUT2D eigenvalue weighted by molar-refractivity contribution is 6.31. The summed E-state index contributed by atoms with van der Waals surface area (Å²) in [4.78, 5) is 25.8. The number of urea groups is 1. The van der Waals surface area contributed by atoms with E-state index >= 15 is 0 Å². The smallest absolute Gasteiger partial charge is 0.322 e. The van der Waals surface area contributed by atoms with E-state index in [0.717, 1.165) is 6.54 Å². The first-order chi connectivity index (χ1) is 9.44. The fourth-order valence-electron chi connectivity index (χ4n) is 2.80. The topological polar surface area (TPSA) is 79.3 Å². The summed E-state index contributed by atoms with van der Waals surface area (Å²) in [5.74, 6) is -0.192. The van der Waals surface area contributed by atoms with Crippen LogP contribution in [0.25, 0.3) is 0 Å². The summed E-state index contributed by atoms with van der Waals surface area (Å²) in [5, 5.41) is 10.6. The second-order valence-corrected chi connectivity index (χ2v) is 5.68. The van der Waals surface area contributed by atoms with Crippen molar-refractivity contribution in [2.75, 3.05) is 13.1 Å². The zero-order valence-electron chi connectivity index (χ0n) is 11.4. The lowest BCUT2D eigenvalue weighted by Crippen LogP contribution is -2.48. The van der Waals surface area contributed by atoms with E-state index in [2.05, 4.69) is 15.7 Å². The number of nitrogens with zero attached hydrogens (tertiary/aromatic N) is 3. The number of carbonyl (C=O) groups is 2. The normalized spacial score (nSPS) is 25.9. The molecule has 1 atom stereocenters. The number of nitrogens with one attached hydrogen (secondary N) is 2. The Kier molecular flexibility index (Phi) is 2.98. The Morgan fingerprint density at radius 3 is 2.75 bits per heavy atom. The summed E-state index contributed by atoms with van der Waals surface area (Å²) in [7, 11) is 1.75. The second-order valence-electron chi connectivity index (χ2n) is 5.30. The van der Waals surface area contributed by atoms with Crippen molar-refractivity contribution in [3.05, 3.63) is 16.4 Å². The van der Waals surface area contributed by atoms with Crippen molar-refractivity contribution in [1.29, 1.82) is 0 Å². The SMILES string of the molecule is Cc1nn(C)c(CN2C(=O)NC3(CCNC3)C2=O)c1Cl. The van der Waals surface area contributed by atoms with Crippen LogP contribution in [-0.4, -0.2) is 45.2 Å². The molecule has 0 saturated carbocycles. The van der Waals surface area contributed by atoms with Gasteiger partial charge in [-0.15, -0.1) is 0 Å². The summed E-state index contributed by atoms with van der Waals surface area (Å²) < 4.78 is 1.61. The van der Waals surface area contributed by atoms with Gasteiger partial charge in [0.15, 0.2) is 0 Å². The molecule has 3 rings (SSSR count). The molecule has 1 aromatic rings. The van der Waals surface area contributed by atoms with Gasteiger partial charge in [0.25, 0.3) is 5.91 Å². The van der Waals surface area contributed by atoms with Gasteiger partial charge in [-0.1, -0.05) is 11.6 Å². The third-order valence-electron chi connectivity index (χ3n) is 3.97. The van der Waals surface area contributed by atoms with Crippen molar-refractivity contribution >= 4 is 23.5 Å². The van der Waals surface area contributed by atoms with E-state index in [1.807, 2.05) is 0 Å². The first-order valence-electron chi connectivity index (χ1n) is 6.47. The van der Waals surface area contributed by atoms with Gasteiger partial charge in [-0.3, -0.25) is 14.4 Å². The van der Waals surface area contributed by atoms with E-state index in [-0.39, 0.29) is 18.5 Å². The maximum atomic E-state index is 12.5. The number of carbonyl (C=O) groups excluding carboxylic acids is 2. The van der Waals surface area contributed by atoms with Crippen molar-refractivity contribution in [3.63, 3.8) is 0 Å². The Bertz CT molecular complexity index is 591. The van der Waals surface area contributed by atoms with Gasteiger partial charge in [-0.25, -0.2) is 4.79 Å². The van der Waals surface area contributed by atoms with Crippen LogP contribution < -0.4 is 10.6 Å². The number of imide groups is 1. The molecule has 0 aliphatic carbocycles. The van der Waals surface area contributed by atoms with Crippen LogP contribution in [0.4, 0.5) is 4.79 Å². The maximum Gasteiger partial charge on any atom is 0.325 e. The molecule has 1 unspecified atom stereocenters. The molecule has 2 saturated heterocycles. The van der Waals surface area contributed by atoms with Gasteiger partial charge in [-0.2, -0.15) is 5.10 Å². The van der Waals surface area contributed by atoms with Crippen LogP contribution in [0.2, 0.25) is 5.02 Å². The number of hydrogen-bond acceptors (Lipinski definition) is 4. The number of aryl methyl sites for hydroxylation is 2. The summed E-state index contributed by atoms with van der Waals surface area (Å²) in [6.07, 6.45) is 0.617. The van der Waals surface area contributed by atoms with Crippen LogP contribution in [0.3, 0.4) is 0 Å². The molecule has 2 aliphatic heterocycles. The molecule has 20 heavy (non-hydrogen) atoms. The molecule has 8 heteroatoms. The zero-order chi connectivity index (χ0) is 14.5. The van der Waals surface area contributed by atoms with Gasteiger partial charge in [0.2, 0.25) is 0 Å². The number of aromatic nitrogens is 2. The Labute approximate surface area is 121 Å². The van der Waals surface area contributed by atoms with Crippen LogP contribution in [0.1, 0.15) is 17.8 Å². The van der Waals surface area contributed by atoms with Gasteiger partial charge >= 0.3 is 6.03 Å². The zero-order valence-corrected chi connectivity index (χ0v) is 12.1. The Balaban J connectivity index is 1.88. The average molecular weight is 298 g/mol. The molecule has 2 N–H and O–H groups in total. The highest BCUT2D eigenvalue weighted by Gasteiger charge is 2.52. The average Bonchev–Trinajstić information content (AvgIpc) is 3.01. The third kappa shape index (κ3) is 1.81. The van der Waals surface area contributed by atoms with E-state index in [4.69, 9.17) is 11.6 Å². The third-order valence-corrected chi connectivity index (χ3v) is 4.46. The van der Waals surface area contributed by atoms with Gasteiger partial charge in [0, 0.05) is 13.6 Å². The minimum Gasteiger partial charge on any atom is -0.322 e.